The van der Waals surface area contributed by atoms with E-state index >= 15 is 0 Å². The first kappa shape index (κ1) is 33.2. The molecule has 0 saturated carbocycles. The summed E-state index contributed by atoms with van der Waals surface area (Å²) in [5.74, 6) is 0. The van der Waals surface area contributed by atoms with E-state index < -0.39 is 0 Å². The molecule has 0 atom stereocenters. The monoisotopic (exact) mass is 705 g/mol. The molecule has 0 spiro atoms. The lowest BCUT2D eigenvalue weighted by atomic mass is 9.82. The Hall–Kier alpha value is -6.44. The van der Waals surface area contributed by atoms with E-state index in [1.54, 1.807) is 0 Å². The van der Waals surface area contributed by atoms with Crippen LogP contribution in [0.3, 0.4) is 0 Å². The van der Waals surface area contributed by atoms with Crippen molar-refractivity contribution in [3.8, 4) is 55.6 Å². The van der Waals surface area contributed by atoms with Gasteiger partial charge < -0.3 is 4.90 Å². The van der Waals surface area contributed by atoms with Crippen LogP contribution in [0.25, 0.3) is 55.6 Å². The van der Waals surface area contributed by atoms with Gasteiger partial charge in [0, 0.05) is 27.8 Å². The quantitative estimate of drug-likeness (QED) is 0.166. The highest BCUT2D eigenvalue weighted by Crippen LogP contribution is 2.54. The highest BCUT2D eigenvalue weighted by atomic mass is 15.1. The summed E-state index contributed by atoms with van der Waals surface area (Å²) in [7, 11) is 0. The second-order valence-corrected chi connectivity index (χ2v) is 16.1. The zero-order valence-corrected chi connectivity index (χ0v) is 31.8. The van der Waals surface area contributed by atoms with Crippen LogP contribution in [0, 0.1) is 0 Å². The van der Waals surface area contributed by atoms with Crippen molar-refractivity contribution in [1.29, 1.82) is 0 Å². The van der Waals surface area contributed by atoms with Crippen LogP contribution in [-0.4, -0.2) is 0 Å². The maximum absolute atomic E-state index is 2.52. The molecule has 0 N–H and O–H groups in total. The zero-order valence-electron chi connectivity index (χ0n) is 31.8. The molecule has 1 heteroatoms. The third-order valence-corrected chi connectivity index (χ3v) is 12.3. The van der Waals surface area contributed by atoms with Gasteiger partial charge in [0.15, 0.2) is 0 Å². The first-order valence-electron chi connectivity index (χ1n) is 19.4. The maximum Gasteiger partial charge on any atom is 0.0546 e. The third-order valence-electron chi connectivity index (χ3n) is 12.3. The largest absolute Gasteiger partial charge is 0.310 e. The van der Waals surface area contributed by atoms with Crippen LogP contribution in [0.2, 0.25) is 0 Å². The zero-order chi connectivity index (χ0) is 37.3. The summed E-state index contributed by atoms with van der Waals surface area (Å²) >= 11 is 0. The second kappa shape index (κ2) is 12.6. The fourth-order valence-corrected chi connectivity index (χ4v) is 9.46. The van der Waals surface area contributed by atoms with Crippen LogP contribution < -0.4 is 4.90 Å². The Labute approximate surface area is 325 Å². The summed E-state index contributed by atoms with van der Waals surface area (Å²) in [4.78, 5) is 2.52. The summed E-state index contributed by atoms with van der Waals surface area (Å²) < 4.78 is 0. The van der Waals surface area contributed by atoms with Gasteiger partial charge in [0.2, 0.25) is 0 Å². The van der Waals surface area contributed by atoms with Crippen molar-refractivity contribution in [2.45, 2.75) is 38.5 Å². The molecule has 0 aliphatic heterocycles. The first-order valence-corrected chi connectivity index (χ1v) is 19.4. The van der Waals surface area contributed by atoms with Gasteiger partial charge in [-0.3, -0.25) is 0 Å². The Kier molecular flexibility index (Phi) is 7.58. The predicted octanol–water partition coefficient (Wildman–Crippen LogP) is 14.8. The standard InChI is InChI=1S/C54H43N/c1-53(2)47-26-13-11-23-43(47)45-31-29-40(34-49(45)53)55(41-30-32-46-44-24-12-14-27-48(44)54(3,4)50(46)35-41)51-28-16-25-42(52(51)37-19-9-6-10-20-37)39-22-15-21-38(33-39)36-17-7-5-8-18-36/h5-35H,1-4H3. The number of hydrogen-bond donors (Lipinski definition) is 0. The van der Waals surface area contributed by atoms with Gasteiger partial charge in [-0.15, -0.1) is 0 Å². The van der Waals surface area contributed by atoms with Crippen LogP contribution in [-0.2, 0) is 10.8 Å². The van der Waals surface area contributed by atoms with Crippen molar-refractivity contribution in [3.05, 3.63) is 210 Å². The summed E-state index contributed by atoms with van der Waals surface area (Å²) in [5.41, 5.74) is 21.2. The Morgan fingerprint density at radius 2 is 0.745 bits per heavy atom. The van der Waals surface area contributed by atoms with Gasteiger partial charge in [-0.25, -0.2) is 0 Å². The average molecular weight is 706 g/mol. The summed E-state index contributed by atoms with van der Waals surface area (Å²) in [6.45, 7) is 9.49. The van der Waals surface area contributed by atoms with Crippen molar-refractivity contribution in [3.63, 3.8) is 0 Å². The minimum atomic E-state index is -0.128. The minimum Gasteiger partial charge on any atom is -0.310 e. The summed E-state index contributed by atoms with van der Waals surface area (Å²) in [6, 6.07) is 69.6. The average Bonchev–Trinajstić information content (AvgIpc) is 3.60. The van der Waals surface area contributed by atoms with Crippen molar-refractivity contribution >= 4 is 17.1 Å². The van der Waals surface area contributed by atoms with Gasteiger partial charge >= 0.3 is 0 Å². The maximum atomic E-state index is 2.52. The van der Waals surface area contributed by atoms with E-state index in [1.165, 1.54) is 77.9 Å². The van der Waals surface area contributed by atoms with Gasteiger partial charge in [0.25, 0.3) is 0 Å². The molecule has 0 saturated heterocycles. The van der Waals surface area contributed by atoms with Crippen molar-refractivity contribution in [1.82, 2.24) is 0 Å². The van der Waals surface area contributed by atoms with Crippen molar-refractivity contribution in [2.24, 2.45) is 0 Å². The number of rotatable bonds is 6. The number of hydrogen-bond acceptors (Lipinski definition) is 1. The molecule has 8 aromatic carbocycles. The van der Waals surface area contributed by atoms with E-state index in [4.69, 9.17) is 0 Å². The van der Waals surface area contributed by atoms with E-state index in [9.17, 15) is 0 Å². The number of fused-ring (bicyclic) bond motifs is 6. The second-order valence-electron chi connectivity index (χ2n) is 16.1. The van der Waals surface area contributed by atoms with Crippen LogP contribution in [0.15, 0.2) is 188 Å². The molecular formula is C54H43N. The first-order chi connectivity index (χ1) is 26.8. The molecule has 2 aliphatic carbocycles. The molecule has 0 fully saturated rings. The van der Waals surface area contributed by atoms with Crippen molar-refractivity contribution in [2.75, 3.05) is 4.90 Å². The SMILES string of the molecule is CC1(C)c2ccccc2-c2ccc(N(c3ccc4c(c3)C(C)(C)c3ccccc3-4)c3cccc(-c4cccc(-c5ccccc5)c4)c3-c3ccccc3)cc21. The van der Waals surface area contributed by atoms with Crippen molar-refractivity contribution < 1.29 is 0 Å². The minimum absolute atomic E-state index is 0.128. The highest BCUT2D eigenvalue weighted by molar-refractivity contribution is 5.98. The lowest BCUT2D eigenvalue weighted by Gasteiger charge is -2.32. The van der Waals surface area contributed by atoms with Crippen LogP contribution in [0.4, 0.5) is 17.1 Å². The lowest BCUT2D eigenvalue weighted by molar-refractivity contribution is 0.660. The Morgan fingerprint density at radius 1 is 0.309 bits per heavy atom. The third kappa shape index (κ3) is 5.22. The van der Waals surface area contributed by atoms with Gasteiger partial charge in [0.05, 0.1) is 5.69 Å². The lowest BCUT2D eigenvalue weighted by Crippen LogP contribution is -2.18. The molecule has 0 unspecified atom stereocenters. The van der Waals surface area contributed by atoms with Gasteiger partial charge in [0.1, 0.15) is 0 Å². The molecule has 0 bridgehead atoms. The van der Waals surface area contributed by atoms with E-state index in [1.807, 2.05) is 0 Å². The molecule has 0 amide bonds. The smallest absolute Gasteiger partial charge is 0.0546 e. The fraction of sp³-hybridized carbons (Fsp3) is 0.111. The van der Waals surface area contributed by atoms with Gasteiger partial charge in [-0.1, -0.05) is 179 Å². The van der Waals surface area contributed by atoms with Gasteiger partial charge in [-0.05, 0) is 109 Å². The molecule has 2 aliphatic rings. The summed E-state index contributed by atoms with van der Waals surface area (Å²) in [6.07, 6.45) is 0. The van der Waals surface area contributed by atoms with E-state index in [-0.39, 0.29) is 10.8 Å². The molecule has 55 heavy (non-hydrogen) atoms. The Balaban J connectivity index is 1.23. The number of benzene rings is 8. The molecule has 0 aromatic heterocycles. The Bertz CT molecular complexity index is 2650. The normalized spacial score (nSPS) is 14.1. The van der Waals surface area contributed by atoms with E-state index in [2.05, 4.69) is 221 Å². The van der Waals surface area contributed by atoms with E-state index in [0.29, 0.717) is 0 Å². The topological polar surface area (TPSA) is 3.24 Å². The predicted molar refractivity (Wildman–Crippen MR) is 233 cm³/mol. The molecule has 1 nitrogen and oxygen atoms in total. The molecule has 0 heterocycles. The molecule has 264 valence electrons. The highest BCUT2D eigenvalue weighted by Gasteiger charge is 2.38. The van der Waals surface area contributed by atoms with Crippen LogP contribution >= 0.6 is 0 Å². The molecule has 0 radical (unpaired) electrons. The fourth-order valence-electron chi connectivity index (χ4n) is 9.46. The van der Waals surface area contributed by atoms with Crippen LogP contribution in [0.5, 0.6) is 0 Å². The Morgan fingerprint density at radius 3 is 1.33 bits per heavy atom. The molecule has 10 rings (SSSR count). The number of nitrogens with zero attached hydrogens (tertiary/aromatic N) is 1. The molecule has 8 aromatic rings. The van der Waals surface area contributed by atoms with Gasteiger partial charge in [-0.2, -0.15) is 0 Å². The molecular weight excluding hydrogens is 663 g/mol. The number of anilines is 3. The summed E-state index contributed by atoms with van der Waals surface area (Å²) in [5, 5.41) is 0. The van der Waals surface area contributed by atoms with Crippen LogP contribution in [0.1, 0.15) is 49.9 Å². The van der Waals surface area contributed by atoms with E-state index in [0.717, 1.165) is 17.1 Å².